The highest BCUT2D eigenvalue weighted by atomic mass is 35.5. The number of hydrogen-bond donors (Lipinski definition) is 2. The zero-order chi connectivity index (χ0) is 11.7. The molecule has 0 radical (unpaired) electrons. The average molecular weight is 239 g/mol. The summed E-state index contributed by atoms with van der Waals surface area (Å²) in [4.78, 5) is 0. The first-order valence-corrected chi connectivity index (χ1v) is 5.59. The quantitative estimate of drug-likeness (QED) is 0.859. The van der Waals surface area contributed by atoms with Gasteiger partial charge in [0.2, 0.25) is 0 Å². The minimum atomic E-state index is -0.534. The minimum absolute atomic E-state index is 0.518. The van der Waals surface area contributed by atoms with E-state index in [1.165, 1.54) is 0 Å². The number of fused-ring (bicyclic) bond motifs is 1. The Balaban J connectivity index is 2.61. The van der Waals surface area contributed by atoms with Crippen LogP contribution in [0.25, 0.3) is 10.9 Å². The predicted octanol–water partition coefficient (Wildman–Crippen LogP) is 2.08. The lowest BCUT2D eigenvalue weighted by molar-refractivity contribution is 0.179. The fourth-order valence-electron chi connectivity index (χ4n) is 2.00. The highest BCUT2D eigenvalue weighted by Gasteiger charge is 2.14. The number of halogens is 1. The number of likely N-dealkylation sites (N-methyl/N-ethyl adjacent to an activating group) is 1. The van der Waals surface area contributed by atoms with Gasteiger partial charge in [0, 0.05) is 30.7 Å². The Morgan fingerprint density at radius 3 is 2.94 bits per heavy atom. The van der Waals surface area contributed by atoms with Crippen LogP contribution in [-0.4, -0.2) is 23.3 Å². The molecule has 0 aliphatic heterocycles. The molecule has 0 amide bonds. The number of nitrogens with one attached hydrogen (secondary N) is 1. The first-order valence-electron chi connectivity index (χ1n) is 5.21. The summed E-state index contributed by atoms with van der Waals surface area (Å²) in [5.41, 5.74) is 1.91. The van der Waals surface area contributed by atoms with Crippen LogP contribution in [0.2, 0.25) is 5.02 Å². The Hall–Kier alpha value is -1.03. The average Bonchev–Trinajstić information content (AvgIpc) is 2.55. The van der Waals surface area contributed by atoms with Gasteiger partial charge >= 0.3 is 0 Å². The molecule has 0 bridgehead atoms. The van der Waals surface area contributed by atoms with Crippen molar-refractivity contribution in [1.29, 1.82) is 0 Å². The monoisotopic (exact) mass is 238 g/mol. The van der Waals surface area contributed by atoms with Crippen LogP contribution in [0.1, 0.15) is 11.7 Å². The second-order valence-electron chi connectivity index (χ2n) is 3.90. The summed E-state index contributed by atoms with van der Waals surface area (Å²) >= 11 is 6.17. The summed E-state index contributed by atoms with van der Waals surface area (Å²) in [6, 6.07) is 5.85. The SMILES string of the molecule is CNCC(O)c1cccc2c1c(Cl)cn2C. The van der Waals surface area contributed by atoms with E-state index < -0.39 is 6.10 Å². The van der Waals surface area contributed by atoms with Crippen molar-refractivity contribution in [3.05, 3.63) is 35.0 Å². The van der Waals surface area contributed by atoms with Gasteiger partial charge in [-0.25, -0.2) is 0 Å². The van der Waals surface area contributed by atoms with Crippen LogP contribution in [0.5, 0.6) is 0 Å². The van der Waals surface area contributed by atoms with Crippen molar-refractivity contribution in [3.8, 4) is 0 Å². The van der Waals surface area contributed by atoms with Gasteiger partial charge in [0.15, 0.2) is 0 Å². The van der Waals surface area contributed by atoms with Crippen LogP contribution in [0.3, 0.4) is 0 Å². The maximum Gasteiger partial charge on any atom is 0.0921 e. The summed E-state index contributed by atoms with van der Waals surface area (Å²) < 4.78 is 1.97. The fraction of sp³-hybridized carbons (Fsp3) is 0.333. The molecule has 1 heterocycles. The summed E-state index contributed by atoms with van der Waals surface area (Å²) in [6.07, 6.45) is 1.33. The normalized spacial score (nSPS) is 13.2. The molecule has 0 spiro atoms. The smallest absolute Gasteiger partial charge is 0.0921 e. The van der Waals surface area contributed by atoms with E-state index in [1.807, 2.05) is 43.1 Å². The highest BCUT2D eigenvalue weighted by molar-refractivity contribution is 6.35. The molecule has 0 fully saturated rings. The molecule has 86 valence electrons. The van der Waals surface area contributed by atoms with Gasteiger partial charge in [-0.3, -0.25) is 0 Å². The molecule has 2 rings (SSSR count). The van der Waals surface area contributed by atoms with Gasteiger partial charge in [0.1, 0.15) is 0 Å². The lowest BCUT2D eigenvalue weighted by atomic mass is 10.0. The first kappa shape index (κ1) is 11.5. The van der Waals surface area contributed by atoms with Gasteiger partial charge in [0.25, 0.3) is 0 Å². The molecule has 1 atom stereocenters. The van der Waals surface area contributed by atoms with Gasteiger partial charge in [-0.2, -0.15) is 0 Å². The summed E-state index contributed by atoms with van der Waals surface area (Å²) in [7, 11) is 3.76. The van der Waals surface area contributed by atoms with Crippen molar-refractivity contribution in [2.75, 3.05) is 13.6 Å². The Labute approximate surface area is 99.6 Å². The lowest BCUT2D eigenvalue weighted by Gasteiger charge is -2.12. The number of nitrogens with zero attached hydrogens (tertiary/aromatic N) is 1. The third-order valence-corrected chi connectivity index (χ3v) is 3.04. The standard InChI is InChI=1S/C12H15ClN2O/c1-14-6-11(16)8-4-3-5-10-12(8)9(13)7-15(10)2/h3-5,7,11,14,16H,6H2,1-2H3. The molecular weight excluding hydrogens is 224 g/mol. The topological polar surface area (TPSA) is 37.2 Å². The van der Waals surface area contributed by atoms with E-state index in [-0.39, 0.29) is 0 Å². The lowest BCUT2D eigenvalue weighted by Crippen LogP contribution is -2.16. The van der Waals surface area contributed by atoms with Gasteiger partial charge in [0.05, 0.1) is 11.1 Å². The van der Waals surface area contributed by atoms with E-state index in [1.54, 1.807) is 0 Å². The maximum absolute atomic E-state index is 10.0. The van der Waals surface area contributed by atoms with Gasteiger partial charge in [-0.15, -0.1) is 0 Å². The number of rotatable bonds is 3. The fourth-order valence-corrected chi connectivity index (χ4v) is 2.35. The number of benzene rings is 1. The summed E-state index contributed by atoms with van der Waals surface area (Å²) in [5, 5.41) is 14.6. The highest BCUT2D eigenvalue weighted by Crippen LogP contribution is 2.31. The van der Waals surface area contributed by atoms with E-state index >= 15 is 0 Å². The molecule has 4 heteroatoms. The van der Waals surface area contributed by atoms with Crippen molar-refractivity contribution in [1.82, 2.24) is 9.88 Å². The number of aryl methyl sites for hydroxylation is 1. The Bertz CT molecular complexity index is 507. The van der Waals surface area contributed by atoms with Crippen LogP contribution >= 0.6 is 11.6 Å². The zero-order valence-corrected chi connectivity index (χ0v) is 10.1. The van der Waals surface area contributed by atoms with Crippen molar-refractivity contribution in [3.63, 3.8) is 0 Å². The van der Waals surface area contributed by atoms with Gasteiger partial charge in [-0.1, -0.05) is 23.7 Å². The second kappa shape index (κ2) is 4.45. The largest absolute Gasteiger partial charge is 0.387 e. The molecule has 0 saturated carbocycles. The Morgan fingerprint density at radius 2 is 2.25 bits per heavy atom. The molecule has 0 aliphatic carbocycles. The van der Waals surface area contributed by atoms with Gasteiger partial charge in [-0.05, 0) is 18.7 Å². The number of aliphatic hydroxyl groups is 1. The van der Waals surface area contributed by atoms with Crippen LogP contribution in [0, 0.1) is 0 Å². The predicted molar refractivity (Wildman–Crippen MR) is 66.8 cm³/mol. The van der Waals surface area contributed by atoms with Gasteiger partial charge < -0.3 is 15.0 Å². The molecule has 2 aromatic rings. The van der Waals surface area contributed by atoms with Crippen LogP contribution in [0.15, 0.2) is 24.4 Å². The molecular formula is C12H15ClN2O. The summed E-state index contributed by atoms with van der Waals surface area (Å²) in [5.74, 6) is 0. The summed E-state index contributed by atoms with van der Waals surface area (Å²) in [6.45, 7) is 0.518. The number of hydrogen-bond acceptors (Lipinski definition) is 2. The third-order valence-electron chi connectivity index (χ3n) is 2.76. The molecule has 2 N–H and O–H groups in total. The Morgan fingerprint density at radius 1 is 1.50 bits per heavy atom. The second-order valence-corrected chi connectivity index (χ2v) is 4.31. The molecule has 3 nitrogen and oxygen atoms in total. The van der Waals surface area contributed by atoms with E-state index in [0.717, 1.165) is 16.5 Å². The minimum Gasteiger partial charge on any atom is -0.387 e. The molecule has 0 saturated heterocycles. The number of aliphatic hydroxyl groups excluding tert-OH is 1. The molecule has 16 heavy (non-hydrogen) atoms. The molecule has 1 aromatic heterocycles. The van der Waals surface area contributed by atoms with E-state index in [4.69, 9.17) is 11.6 Å². The Kier molecular flexibility index (Phi) is 3.19. The van der Waals surface area contributed by atoms with Crippen LogP contribution in [-0.2, 0) is 7.05 Å². The number of aromatic nitrogens is 1. The van der Waals surface area contributed by atoms with Crippen molar-refractivity contribution in [2.24, 2.45) is 7.05 Å². The van der Waals surface area contributed by atoms with E-state index in [2.05, 4.69) is 5.32 Å². The van der Waals surface area contributed by atoms with Crippen molar-refractivity contribution in [2.45, 2.75) is 6.10 Å². The zero-order valence-electron chi connectivity index (χ0n) is 9.37. The van der Waals surface area contributed by atoms with Crippen LogP contribution < -0.4 is 5.32 Å². The molecule has 0 aliphatic rings. The molecule has 1 unspecified atom stereocenters. The van der Waals surface area contributed by atoms with Crippen molar-refractivity contribution < 1.29 is 5.11 Å². The molecule has 1 aromatic carbocycles. The van der Waals surface area contributed by atoms with Crippen LogP contribution in [0.4, 0.5) is 0 Å². The van der Waals surface area contributed by atoms with Crippen molar-refractivity contribution >= 4 is 22.5 Å². The van der Waals surface area contributed by atoms with E-state index in [0.29, 0.717) is 11.6 Å². The van der Waals surface area contributed by atoms with E-state index in [9.17, 15) is 5.11 Å². The first-order chi connectivity index (χ1) is 7.65. The maximum atomic E-state index is 10.0. The third kappa shape index (κ3) is 1.82.